The van der Waals surface area contributed by atoms with Gasteiger partial charge in [-0.1, -0.05) is 0 Å². The van der Waals surface area contributed by atoms with Crippen molar-refractivity contribution in [2.75, 3.05) is 32.2 Å². The summed E-state index contributed by atoms with van der Waals surface area (Å²) in [5, 5.41) is 1.16. The molecule has 0 spiro atoms. The van der Waals surface area contributed by atoms with Gasteiger partial charge in [-0.3, -0.25) is 0 Å². The number of halogens is 1. The molecule has 0 aliphatic carbocycles. The standard InChI is InChI=1S/C27H30IN4O2/c1-28-32-18-25(21-10-11-26(34-3)29-14-21)24-13-22(15-30-27(24)32)20-8-6-19(7-9-20)16-31-12-4-5-23(17-31)33-2/h6-11,13-15,18,23H,4-5,12,16-17H2,1-3H3/q-1. The normalized spacial score (nSPS) is 16.9. The summed E-state index contributed by atoms with van der Waals surface area (Å²) in [6, 6.07) is 15.2. The second-order valence-corrected chi connectivity index (χ2v) is 10.6. The molecule has 0 saturated carbocycles. The van der Waals surface area contributed by atoms with Crippen LogP contribution in [0.4, 0.5) is 0 Å². The van der Waals surface area contributed by atoms with Gasteiger partial charge >= 0.3 is 181 Å². The number of hydrogen-bond acceptors (Lipinski definition) is 5. The van der Waals surface area contributed by atoms with Crippen molar-refractivity contribution in [1.29, 1.82) is 0 Å². The summed E-state index contributed by atoms with van der Waals surface area (Å²) in [5.41, 5.74) is 6.93. The number of ether oxygens (including phenoxy) is 2. The van der Waals surface area contributed by atoms with Crippen LogP contribution in [0.25, 0.3) is 33.3 Å². The first kappa shape index (κ1) is 23.3. The number of hydrogen-bond donors (Lipinski definition) is 0. The van der Waals surface area contributed by atoms with Crippen molar-refractivity contribution in [2.45, 2.75) is 25.5 Å². The minimum absolute atomic E-state index is 0.162. The zero-order valence-corrected chi connectivity index (χ0v) is 22.0. The van der Waals surface area contributed by atoms with Crippen molar-refractivity contribution < 1.29 is 31.0 Å². The molecule has 0 N–H and O–H groups in total. The average molecular weight is 569 g/mol. The van der Waals surface area contributed by atoms with Crippen molar-refractivity contribution in [3.63, 3.8) is 0 Å². The molecule has 4 heterocycles. The fraction of sp³-hybridized carbons (Fsp3) is 0.333. The van der Waals surface area contributed by atoms with Crippen LogP contribution in [0.3, 0.4) is 0 Å². The van der Waals surface area contributed by atoms with Crippen LogP contribution in [0.15, 0.2) is 61.1 Å². The third-order valence-electron chi connectivity index (χ3n) is 6.53. The fourth-order valence-electron chi connectivity index (χ4n) is 4.66. The predicted molar refractivity (Wildman–Crippen MR) is 132 cm³/mol. The van der Waals surface area contributed by atoms with Crippen LogP contribution >= 0.6 is 0 Å². The Morgan fingerprint density at radius 3 is 2.50 bits per heavy atom. The Morgan fingerprint density at radius 1 is 1.00 bits per heavy atom. The zero-order valence-electron chi connectivity index (χ0n) is 19.9. The number of alkyl halides is 1. The van der Waals surface area contributed by atoms with Crippen LogP contribution < -0.4 is 26.2 Å². The number of likely N-dealkylation sites (tertiary alicyclic amines) is 1. The number of pyridine rings is 2. The number of methoxy groups -OCH3 is 2. The third-order valence-corrected chi connectivity index (χ3v) is 8.30. The topological polar surface area (TPSA) is 52.4 Å². The maximum atomic E-state index is 5.58. The monoisotopic (exact) mass is 569 g/mol. The summed E-state index contributed by atoms with van der Waals surface area (Å²) in [4.78, 5) is 14.0. The van der Waals surface area contributed by atoms with Crippen LogP contribution in [-0.4, -0.2) is 56.0 Å². The van der Waals surface area contributed by atoms with Crippen molar-refractivity contribution in [2.24, 2.45) is 0 Å². The maximum absolute atomic E-state index is 5.58. The molecule has 1 atom stereocenters. The van der Waals surface area contributed by atoms with E-state index >= 15 is 0 Å². The third kappa shape index (κ3) is 4.82. The van der Waals surface area contributed by atoms with Crippen molar-refractivity contribution in [3.05, 3.63) is 66.6 Å². The van der Waals surface area contributed by atoms with Gasteiger partial charge in [-0.15, -0.1) is 0 Å². The summed E-state index contributed by atoms with van der Waals surface area (Å²) < 4.78 is 13.1. The van der Waals surface area contributed by atoms with Gasteiger partial charge in [0.25, 0.3) is 0 Å². The van der Waals surface area contributed by atoms with Crippen LogP contribution in [0.1, 0.15) is 18.4 Å². The Balaban J connectivity index is 1.42. The van der Waals surface area contributed by atoms with Crippen molar-refractivity contribution in [3.8, 4) is 28.1 Å². The molecule has 1 aliphatic heterocycles. The van der Waals surface area contributed by atoms with Gasteiger partial charge in [0, 0.05) is 7.11 Å². The van der Waals surface area contributed by atoms with Crippen LogP contribution in [-0.2, 0) is 11.3 Å². The number of fused-ring (bicyclic) bond motifs is 1. The predicted octanol–water partition coefficient (Wildman–Crippen LogP) is 1.87. The second-order valence-electron chi connectivity index (χ2n) is 8.64. The number of benzene rings is 1. The molecule has 1 unspecified atom stereocenters. The molecule has 1 aromatic carbocycles. The molecule has 0 bridgehead atoms. The molecule has 3 aromatic heterocycles. The second kappa shape index (κ2) is 10.4. The van der Waals surface area contributed by atoms with E-state index in [1.165, 1.54) is 17.5 Å². The molecule has 4 aromatic rings. The van der Waals surface area contributed by atoms with Crippen LogP contribution in [0, 0.1) is 0 Å². The molecule has 0 amide bonds. The molecule has 1 saturated heterocycles. The quantitative estimate of drug-likeness (QED) is 0.252. The number of piperidine rings is 1. The van der Waals surface area contributed by atoms with Crippen LogP contribution in [0.5, 0.6) is 5.88 Å². The Morgan fingerprint density at radius 2 is 1.79 bits per heavy atom. The molecule has 178 valence electrons. The Labute approximate surface area is 211 Å². The number of aromatic nitrogens is 3. The van der Waals surface area contributed by atoms with Gasteiger partial charge in [-0.25, -0.2) is 0 Å². The molecule has 7 heteroatoms. The SMILES string of the molecule is COc1ccc(-c2cn([I-]C)c3ncc(-c4ccc(CN5CCCC(OC)C5)cc4)cc23)cn1. The Hall–Kier alpha value is -2.49. The van der Waals surface area contributed by atoms with Gasteiger partial charge in [-0.2, -0.15) is 0 Å². The first-order valence-electron chi connectivity index (χ1n) is 11.5. The number of rotatable bonds is 7. The molecule has 1 aliphatic rings. The van der Waals surface area contributed by atoms with E-state index in [4.69, 9.17) is 14.5 Å². The Bertz CT molecular complexity index is 1250. The zero-order chi connectivity index (χ0) is 23.5. The van der Waals surface area contributed by atoms with Gasteiger partial charge in [0.1, 0.15) is 0 Å². The molecular weight excluding hydrogens is 539 g/mol. The van der Waals surface area contributed by atoms with Crippen LogP contribution in [0.2, 0.25) is 0 Å². The van der Waals surface area contributed by atoms with E-state index in [9.17, 15) is 0 Å². The van der Waals surface area contributed by atoms with Gasteiger partial charge in [0.2, 0.25) is 0 Å². The summed E-state index contributed by atoms with van der Waals surface area (Å²) in [5.74, 6) is 0.622. The molecular formula is C27H30IN4O2-. The van der Waals surface area contributed by atoms with E-state index in [0.717, 1.165) is 53.8 Å². The molecule has 1 fully saturated rings. The molecule has 5 rings (SSSR count). The summed E-state index contributed by atoms with van der Waals surface area (Å²) in [7, 11) is 3.46. The van der Waals surface area contributed by atoms with Gasteiger partial charge in [-0.05, 0) is 12.8 Å². The molecule has 0 radical (unpaired) electrons. The fourth-order valence-corrected chi connectivity index (χ4v) is 6.06. The van der Waals surface area contributed by atoms with E-state index in [-0.39, 0.29) is 21.5 Å². The number of nitrogens with zero attached hydrogens (tertiary/aromatic N) is 4. The van der Waals surface area contributed by atoms with Crippen molar-refractivity contribution in [1.82, 2.24) is 17.6 Å². The first-order chi connectivity index (χ1) is 16.7. The van der Waals surface area contributed by atoms with E-state index in [2.05, 4.69) is 60.2 Å². The average Bonchev–Trinajstić information content (AvgIpc) is 3.27. The summed E-state index contributed by atoms with van der Waals surface area (Å²) in [6.07, 6.45) is 8.82. The summed E-state index contributed by atoms with van der Waals surface area (Å²) >= 11 is -0.162. The van der Waals surface area contributed by atoms with Gasteiger partial charge < -0.3 is 4.74 Å². The van der Waals surface area contributed by atoms with Gasteiger partial charge in [0.15, 0.2) is 0 Å². The minimum atomic E-state index is -0.162. The van der Waals surface area contributed by atoms with E-state index < -0.39 is 0 Å². The first-order valence-corrected chi connectivity index (χ1v) is 14.7. The van der Waals surface area contributed by atoms with E-state index in [1.54, 1.807) is 7.11 Å². The van der Waals surface area contributed by atoms with Gasteiger partial charge in [0.05, 0.1) is 6.10 Å². The Kier molecular flexibility index (Phi) is 7.12. The van der Waals surface area contributed by atoms with E-state index in [0.29, 0.717) is 12.0 Å². The van der Waals surface area contributed by atoms with E-state index in [1.807, 2.05) is 25.6 Å². The molecule has 34 heavy (non-hydrogen) atoms. The molecule has 6 nitrogen and oxygen atoms in total. The van der Waals surface area contributed by atoms with Crippen molar-refractivity contribution >= 4 is 11.0 Å². The summed E-state index contributed by atoms with van der Waals surface area (Å²) in [6.45, 7) is 3.12.